The molecule has 6 amide bonds. The number of hydrogen-bond donors (Lipinski definition) is 3. The van der Waals surface area contributed by atoms with Crippen LogP contribution < -0.4 is 10.6 Å². The molecule has 0 aromatic carbocycles. The number of nitrogens with one attached hydrogen (secondary N) is 2. The summed E-state index contributed by atoms with van der Waals surface area (Å²) in [5, 5.41) is 15.5. The molecule has 3 N–H and O–H groups in total. The maximum atomic E-state index is 13.9. The molecule has 194 valence electrons. The molecule has 0 aromatic heterocycles. The highest BCUT2D eigenvalue weighted by atomic mass is 16.5. The lowest BCUT2D eigenvalue weighted by Crippen LogP contribution is -2.66. The normalized spacial score (nSPS) is 23.6. The quantitative estimate of drug-likeness (QED) is 0.129. The van der Waals surface area contributed by atoms with Gasteiger partial charge in [-0.05, 0) is 45.3 Å². The lowest BCUT2D eigenvalue weighted by Gasteiger charge is -2.36. The molecule has 0 aromatic rings. The largest absolute Gasteiger partial charge is 0.432 e. The van der Waals surface area contributed by atoms with E-state index < -0.39 is 22.5 Å². The molecular weight excluding hydrogens is 438 g/mol. The summed E-state index contributed by atoms with van der Waals surface area (Å²) < 4.78 is -0.461. The molecule has 3 atom stereocenters. The van der Waals surface area contributed by atoms with Gasteiger partial charge in [-0.1, -0.05) is 39.5 Å². The van der Waals surface area contributed by atoms with Crippen LogP contribution in [0.15, 0.2) is 0 Å². The van der Waals surface area contributed by atoms with Gasteiger partial charge in [-0.25, -0.2) is 24.8 Å². The molecule has 2 aliphatic rings. The molecule has 1 saturated carbocycles. The molecule has 1 heterocycles. The standard InChI is InChI=1S/C24H43N5O5/c1-4-27(5-2)14-9-13-25-23(32)26-24(33)29(15-8-10-19(29)3)22(31)21(17-28(34)18-30)16-20-11-6-7-12-20/h18-21,34H,4-17H2,1-3H3,(H-,25,26,32,33)/p+1/t19-,21-,29?/m1/s1. The summed E-state index contributed by atoms with van der Waals surface area (Å²) >= 11 is 0. The zero-order chi connectivity index (χ0) is 25.1. The molecule has 10 heteroatoms. The lowest BCUT2D eigenvalue weighted by atomic mass is 9.91. The van der Waals surface area contributed by atoms with Gasteiger partial charge in [-0.3, -0.25) is 10.0 Å². The number of hydrogen-bond acceptors (Lipinski definition) is 6. The smallest absolute Gasteiger partial charge is 0.338 e. The van der Waals surface area contributed by atoms with Crippen molar-refractivity contribution >= 4 is 24.4 Å². The number of imide groups is 2. The third-order valence-corrected chi connectivity index (χ3v) is 7.66. The molecule has 2 rings (SSSR count). The van der Waals surface area contributed by atoms with Crippen LogP contribution >= 0.6 is 0 Å². The summed E-state index contributed by atoms with van der Waals surface area (Å²) in [6.07, 6.45) is 7.19. The fourth-order valence-corrected chi connectivity index (χ4v) is 5.59. The van der Waals surface area contributed by atoms with Crippen molar-refractivity contribution in [3.05, 3.63) is 0 Å². The number of likely N-dealkylation sites (tertiary alicyclic amines) is 1. The lowest BCUT2D eigenvalue weighted by molar-refractivity contribution is -0.786. The summed E-state index contributed by atoms with van der Waals surface area (Å²) in [5.41, 5.74) is 0. The van der Waals surface area contributed by atoms with Crippen molar-refractivity contribution in [1.29, 1.82) is 0 Å². The van der Waals surface area contributed by atoms with Crippen LogP contribution in [0.2, 0.25) is 0 Å². The van der Waals surface area contributed by atoms with Gasteiger partial charge in [0.25, 0.3) is 0 Å². The van der Waals surface area contributed by atoms with Crippen molar-refractivity contribution in [2.45, 2.75) is 78.2 Å². The highest BCUT2D eigenvalue weighted by Crippen LogP contribution is 2.35. The fourth-order valence-electron chi connectivity index (χ4n) is 5.59. The van der Waals surface area contributed by atoms with E-state index in [9.17, 15) is 24.4 Å². The number of quaternary nitrogens is 1. The van der Waals surface area contributed by atoms with Gasteiger partial charge in [0.1, 0.15) is 6.04 Å². The SMILES string of the molecule is CCN(CC)CCCNC(=O)NC(=O)[N+]1(C(=O)[C@H](CC2CCCC2)CN(O)C=O)CCC[C@H]1C. The molecule has 1 unspecified atom stereocenters. The van der Waals surface area contributed by atoms with Gasteiger partial charge in [0.2, 0.25) is 6.41 Å². The summed E-state index contributed by atoms with van der Waals surface area (Å²) in [5.74, 6) is -0.643. The van der Waals surface area contributed by atoms with Gasteiger partial charge in [-0.15, -0.1) is 0 Å². The van der Waals surface area contributed by atoms with Crippen LogP contribution in [-0.4, -0.2) is 89.3 Å². The van der Waals surface area contributed by atoms with E-state index in [0.29, 0.717) is 49.7 Å². The predicted molar refractivity (Wildman–Crippen MR) is 128 cm³/mol. The molecule has 0 radical (unpaired) electrons. The molecule has 1 aliphatic heterocycles. The third kappa shape index (κ3) is 7.23. The number of carbonyl (C=O) groups excluding carboxylic acids is 4. The van der Waals surface area contributed by atoms with E-state index in [0.717, 1.165) is 51.7 Å². The van der Waals surface area contributed by atoms with Crippen molar-refractivity contribution in [2.24, 2.45) is 11.8 Å². The summed E-state index contributed by atoms with van der Waals surface area (Å²) in [6, 6.07) is -1.50. The van der Waals surface area contributed by atoms with Crippen LogP contribution in [0.5, 0.6) is 0 Å². The second-order valence-electron chi connectivity index (χ2n) is 9.80. The second-order valence-corrected chi connectivity index (χ2v) is 9.80. The van der Waals surface area contributed by atoms with E-state index in [1.54, 1.807) is 0 Å². The van der Waals surface area contributed by atoms with Gasteiger partial charge in [0, 0.05) is 19.4 Å². The van der Waals surface area contributed by atoms with Gasteiger partial charge in [-0.2, -0.15) is 4.48 Å². The van der Waals surface area contributed by atoms with E-state index >= 15 is 0 Å². The molecule has 34 heavy (non-hydrogen) atoms. The Morgan fingerprint density at radius 2 is 1.79 bits per heavy atom. The van der Waals surface area contributed by atoms with E-state index in [1.807, 2.05) is 6.92 Å². The monoisotopic (exact) mass is 482 g/mol. The molecule has 0 bridgehead atoms. The first kappa shape index (κ1) is 28.2. The first-order valence-corrected chi connectivity index (χ1v) is 12.9. The van der Waals surface area contributed by atoms with Crippen LogP contribution in [0.1, 0.15) is 72.1 Å². The number of hydroxylamine groups is 2. The van der Waals surface area contributed by atoms with E-state index in [4.69, 9.17) is 0 Å². The van der Waals surface area contributed by atoms with Crippen molar-refractivity contribution in [1.82, 2.24) is 20.6 Å². The van der Waals surface area contributed by atoms with Crippen molar-refractivity contribution in [3.63, 3.8) is 0 Å². The summed E-state index contributed by atoms with van der Waals surface area (Å²) in [6.45, 7) is 9.38. The average Bonchev–Trinajstić information content (AvgIpc) is 3.48. The summed E-state index contributed by atoms with van der Waals surface area (Å²) in [7, 11) is 0. The van der Waals surface area contributed by atoms with Gasteiger partial charge >= 0.3 is 18.0 Å². The topological polar surface area (TPSA) is 119 Å². The van der Waals surface area contributed by atoms with E-state index in [2.05, 4.69) is 29.4 Å². The number of rotatable bonds is 12. The number of carbonyl (C=O) groups is 4. The Bertz CT molecular complexity index is 695. The minimum absolute atomic E-state index is 0.142. The predicted octanol–water partition coefficient (Wildman–Crippen LogP) is 2.71. The van der Waals surface area contributed by atoms with Crippen LogP contribution in [0, 0.1) is 11.8 Å². The molecule has 1 aliphatic carbocycles. The molecule has 10 nitrogen and oxygen atoms in total. The molecule has 1 saturated heterocycles. The summed E-state index contributed by atoms with van der Waals surface area (Å²) in [4.78, 5) is 53.0. The van der Waals surface area contributed by atoms with Crippen molar-refractivity contribution in [2.75, 3.05) is 39.3 Å². The Morgan fingerprint density at radius 3 is 2.35 bits per heavy atom. The number of amides is 6. The molecule has 0 spiro atoms. The van der Waals surface area contributed by atoms with Gasteiger partial charge in [0.15, 0.2) is 0 Å². The molecule has 2 fully saturated rings. The maximum Gasteiger partial charge on any atom is 0.432 e. The highest BCUT2D eigenvalue weighted by Gasteiger charge is 2.55. The maximum absolute atomic E-state index is 13.9. The third-order valence-electron chi connectivity index (χ3n) is 7.66. The Morgan fingerprint density at radius 1 is 1.12 bits per heavy atom. The van der Waals surface area contributed by atoms with Crippen LogP contribution in [0.25, 0.3) is 0 Å². The Labute approximate surface area is 203 Å². The van der Waals surface area contributed by atoms with E-state index in [-0.39, 0.29) is 18.5 Å². The minimum Gasteiger partial charge on any atom is -0.338 e. The zero-order valence-corrected chi connectivity index (χ0v) is 21.1. The fraction of sp³-hybridized carbons (Fsp3) is 0.833. The first-order valence-electron chi connectivity index (χ1n) is 12.9. The average molecular weight is 483 g/mol. The Hall–Kier alpha value is -2.04. The van der Waals surface area contributed by atoms with Crippen molar-refractivity contribution in [3.8, 4) is 0 Å². The number of urea groups is 2. The number of nitrogens with zero attached hydrogens (tertiary/aromatic N) is 3. The molecular formula is C24H44N5O5+. The van der Waals surface area contributed by atoms with Crippen molar-refractivity contribution < 1.29 is 28.9 Å². The van der Waals surface area contributed by atoms with Gasteiger partial charge < -0.3 is 10.2 Å². The Kier molecular flexibility index (Phi) is 11.4. The highest BCUT2D eigenvalue weighted by molar-refractivity contribution is 5.95. The Balaban J connectivity index is 2.08. The minimum atomic E-state index is -0.665. The first-order chi connectivity index (χ1) is 16.3. The second kappa shape index (κ2) is 13.7. The van der Waals surface area contributed by atoms with Gasteiger partial charge in [0.05, 0.1) is 19.0 Å². The van der Waals surface area contributed by atoms with E-state index in [1.165, 1.54) is 0 Å². The van der Waals surface area contributed by atoms with Crippen LogP contribution in [0.3, 0.4) is 0 Å². The van der Waals surface area contributed by atoms with Crippen LogP contribution in [0.4, 0.5) is 9.59 Å². The van der Waals surface area contributed by atoms with Crippen LogP contribution in [-0.2, 0) is 9.59 Å². The zero-order valence-electron chi connectivity index (χ0n) is 21.1.